The van der Waals surface area contributed by atoms with Gasteiger partial charge >= 0.3 is 0 Å². The molecular weight excluding hydrogens is 176 g/mol. The minimum Gasteiger partial charge on any atom is -0.394 e. The Morgan fingerprint density at radius 1 is 1.50 bits per heavy atom. The third-order valence-electron chi connectivity index (χ3n) is 3.42. The Morgan fingerprint density at radius 2 is 2.14 bits per heavy atom. The van der Waals surface area contributed by atoms with Crippen molar-refractivity contribution in [3.8, 4) is 0 Å². The zero-order valence-corrected chi connectivity index (χ0v) is 9.88. The predicted molar refractivity (Wildman–Crippen MR) is 59.4 cm³/mol. The molecule has 0 amide bonds. The average Bonchev–Trinajstić information content (AvgIpc) is 2.45. The van der Waals surface area contributed by atoms with Gasteiger partial charge in [-0.1, -0.05) is 6.92 Å². The highest BCUT2D eigenvalue weighted by Gasteiger charge is 2.32. The van der Waals surface area contributed by atoms with Gasteiger partial charge in [-0.2, -0.15) is 0 Å². The summed E-state index contributed by atoms with van der Waals surface area (Å²) in [6, 6.07) is 0.657. The molecule has 0 radical (unpaired) electrons. The van der Waals surface area contributed by atoms with Crippen LogP contribution in [0.4, 0.5) is 0 Å². The molecule has 0 bridgehead atoms. The first kappa shape index (κ1) is 12.0. The lowest BCUT2D eigenvalue weighted by atomic mass is 10.0. The van der Waals surface area contributed by atoms with Crippen molar-refractivity contribution in [1.29, 1.82) is 0 Å². The standard InChI is InChI=1S/C11H24N2O/c1-9-5-10(2)13(6-9)7-11(3,8-14)12-4/h9-10,12,14H,5-8H2,1-4H3. The summed E-state index contributed by atoms with van der Waals surface area (Å²) in [5.41, 5.74) is -0.154. The highest BCUT2D eigenvalue weighted by molar-refractivity contribution is 4.90. The first-order valence-corrected chi connectivity index (χ1v) is 5.54. The lowest BCUT2D eigenvalue weighted by Gasteiger charge is -2.34. The van der Waals surface area contributed by atoms with E-state index in [1.54, 1.807) is 0 Å². The average molecular weight is 200 g/mol. The molecule has 0 saturated carbocycles. The molecule has 3 nitrogen and oxygen atoms in total. The fourth-order valence-electron chi connectivity index (χ4n) is 2.26. The van der Waals surface area contributed by atoms with Gasteiger partial charge in [0.2, 0.25) is 0 Å². The molecule has 3 atom stereocenters. The quantitative estimate of drug-likeness (QED) is 0.701. The molecule has 0 spiro atoms. The van der Waals surface area contributed by atoms with E-state index >= 15 is 0 Å². The van der Waals surface area contributed by atoms with Gasteiger partial charge in [-0.05, 0) is 33.2 Å². The van der Waals surface area contributed by atoms with E-state index in [4.69, 9.17) is 0 Å². The maximum Gasteiger partial charge on any atom is 0.0623 e. The van der Waals surface area contributed by atoms with Crippen LogP contribution in [-0.2, 0) is 0 Å². The highest BCUT2D eigenvalue weighted by atomic mass is 16.3. The first-order valence-electron chi connectivity index (χ1n) is 5.54. The molecule has 1 heterocycles. The monoisotopic (exact) mass is 200 g/mol. The lowest BCUT2D eigenvalue weighted by Crippen LogP contribution is -2.53. The van der Waals surface area contributed by atoms with E-state index in [9.17, 15) is 5.11 Å². The number of rotatable bonds is 4. The molecule has 14 heavy (non-hydrogen) atoms. The van der Waals surface area contributed by atoms with Crippen LogP contribution >= 0.6 is 0 Å². The molecule has 2 N–H and O–H groups in total. The Labute approximate surface area is 87.5 Å². The molecule has 0 aromatic carbocycles. The van der Waals surface area contributed by atoms with Crippen molar-refractivity contribution < 1.29 is 5.11 Å². The third kappa shape index (κ3) is 2.69. The Bertz CT molecular complexity index is 180. The van der Waals surface area contributed by atoms with Gasteiger partial charge in [-0.15, -0.1) is 0 Å². The lowest BCUT2D eigenvalue weighted by molar-refractivity contribution is 0.122. The molecule has 3 heteroatoms. The van der Waals surface area contributed by atoms with Crippen LogP contribution in [0.3, 0.4) is 0 Å². The summed E-state index contributed by atoms with van der Waals surface area (Å²) in [5, 5.41) is 12.5. The van der Waals surface area contributed by atoms with Gasteiger partial charge in [-0.3, -0.25) is 4.90 Å². The Hall–Kier alpha value is -0.120. The second-order valence-corrected chi connectivity index (χ2v) is 5.09. The SMILES string of the molecule is CNC(C)(CO)CN1CC(C)CC1C. The van der Waals surface area contributed by atoms with E-state index in [0.717, 1.165) is 12.5 Å². The number of nitrogens with zero attached hydrogens (tertiary/aromatic N) is 1. The van der Waals surface area contributed by atoms with Gasteiger partial charge in [0.1, 0.15) is 0 Å². The minimum absolute atomic E-state index is 0.154. The molecule has 0 aromatic rings. The Morgan fingerprint density at radius 3 is 2.50 bits per heavy atom. The summed E-state index contributed by atoms with van der Waals surface area (Å²) in [7, 11) is 1.92. The van der Waals surface area contributed by atoms with Crippen LogP contribution in [0.15, 0.2) is 0 Å². The molecule has 0 aliphatic carbocycles. The molecule has 0 aromatic heterocycles. The van der Waals surface area contributed by atoms with Crippen LogP contribution in [0.5, 0.6) is 0 Å². The zero-order chi connectivity index (χ0) is 10.8. The summed E-state index contributed by atoms with van der Waals surface area (Å²) in [5.74, 6) is 0.796. The smallest absolute Gasteiger partial charge is 0.0623 e. The third-order valence-corrected chi connectivity index (χ3v) is 3.42. The summed E-state index contributed by atoms with van der Waals surface area (Å²) >= 11 is 0. The number of likely N-dealkylation sites (N-methyl/N-ethyl adjacent to an activating group) is 1. The van der Waals surface area contributed by atoms with Gasteiger partial charge in [0.05, 0.1) is 12.1 Å². The molecule has 1 aliphatic heterocycles. The maximum absolute atomic E-state index is 9.31. The van der Waals surface area contributed by atoms with E-state index in [1.807, 2.05) is 7.05 Å². The second kappa shape index (κ2) is 4.60. The van der Waals surface area contributed by atoms with Gasteiger partial charge in [-0.25, -0.2) is 0 Å². The van der Waals surface area contributed by atoms with E-state index in [-0.39, 0.29) is 12.1 Å². The molecular formula is C11H24N2O. The van der Waals surface area contributed by atoms with Crippen LogP contribution in [-0.4, -0.2) is 48.3 Å². The van der Waals surface area contributed by atoms with Crippen molar-refractivity contribution in [2.45, 2.75) is 38.8 Å². The van der Waals surface area contributed by atoms with Crippen LogP contribution in [0, 0.1) is 5.92 Å². The van der Waals surface area contributed by atoms with Gasteiger partial charge in [0.15, 0.2) is 0 Å². The van der Waals surface area contributed by atoms with Crippen molar-refractivity contribution in [3.05, 3.63) is 0 Å². The number of aliphatic hydroxyl groups excluding tert-OH is 1. The number of nitrogens with one attached hydrogen (secondary N) is 1. The van der Waals surface area contributed by atoms with Crippen molar-refractivity contribution in [2.24, 2.45) is 5.92 Å². The molecule has 1 saturated heterocycles. The van der Waals surface area contributed by atoms with Crippen LogP contribution in [0.1, 0.15) is 27.2 Å². The van der Waals surface area contributed by atoms with E-state index in [0.29, 0.717) is 6.04 Å². The van der Waals surface area contributed by atoms with Crippen LogP contribution in [0.2, 0.25) is 0 Å². The highest BCUT2D eigenvalue weighted by Crippen LogP contribution is 2.23. The number of aliphatic hydroxyl groups is 1. The number of hydrogen-bond acceptors (Lipinski definition) is 3. The van der Waals surface area contributed by atoms with Gasteiger partial charge < -0.3 is 10.4 Å². The summed E-state index contributed by atoms with van der Waals surface area (Å²) in [6.45, 7) is 8.94. The fraction of sp³-hybridized carbons (Fsp3) is 1.00. The minimum atomic E-state index is -0.154. The van der Waals surface area contributed by atoms with Crippen molar-refractivity contribution >= 4 is 0 Å². The molecule has 3 unspecified atom stereocenters. The van der Waals surface area contributed by atoms with E-state index in [2.05, 4.69) is 31.0 Å². The number of likely N-dealkylation sites (tertiary alicyclic amines) is 1. The van der Waals surface area contributed by atoms with Crippen LogP contribution in [0.25, 0.3) is 0 Å². The largest absolute Gasteiger partial charge is 0.394 e. The predicted octanol–water partition coefficient (Wildman–Crippen LogP) is 0.687. The van der Waals surface area contributed by atoms with Crippen molar-refractivity contribution in [3.63, 3.8) is 0 Å². The zero-order valence-electron chi connectivity index (χ0n) is 9.88. The van der Waals surface area contributed by atoms with E-state index in [1.165, 1.54) is 13.0 Å². The second-order valence-electron chi connectivity index (χ2n) is 5.09. The fourth-order valence-corrected chi connectivity index (χ4v) is 2.26. The molecule has 1 fully saturated rings. The number of hydrogen-bond donors (Lipinski definition) is 2. The summed E-state index contributed by atoms with van der Waals surface area (Å²) in [6.07, 6.45) is 1.28. The van der Waals surface area contributed by atoms with Crippen molar-refractivity contribution in [1.82, 2.24) is 10.2 Å². The normalized spacial score (nSPS) is 33.2. The topological polar surface area (TPSA) is 35.5 Å². The summed E-state index contributed by atoms with van der Waals surface area (Å²) < 4.78 is 0. The molecule has 84 valence electrons. The maximum atomic E-state index is 9.31. The van der Waals surface area contributed by atoms with Crippen molar-refractivity contribution in [2.75, 3.05) is 26.7 Å². The molecule has 1 aliphatic rings. The van der Waals surface area contributed by atoms with Crippen LogP contribution < -0.4 is 5.32 Å². The van der Waals surface area contributed by atoms with Gasteiger partial charge in [0.25, 0.3) is 0 Å². The Kier molecular flexibility index (Phi) is 3.93. The van der Waals surface area contributed by atoms with Gasteiger partial charge in [0, 0.05) is 19.1 Å². The molecule has 1 rings (SSSR count). The van der Waals surface area contributed by atoms with E-state index < -0.39 is 0 Å². The summed E-state index contributed by atoms with van der Waals surface area (Å²) in [4.78, 5) is 2.47. The first-order chi connectivity index (χ1) is 6.50. The Balaban J connectivity index is 2.51.